The Bertz CT molecular complexity index is 653. The Balaban J connectivity index is 2.49. The number of benzene rings is 1. The minimum atomic E-state index is -0.949. The van der Waals surface area contributed by atoms with Gasteiger partial charge in [-0.1, -0.05) is 0 Å². The van der Waals surface area contributed by atoms with Crippen LogP contribution >= 0.6 is 0 Å². The van der Waals surface area contributed by atoms with Gasteiger partial charge in [0.25, 0.3) is 0 Å². The quantitative estimate of drug-likeness (QED) is 0.787. The van der Waals surface area contributed by atoms with Crippen LogP contribution in [0.5, 0.6) is 11.5 Å². The molecule has 0 fully saturated rings. The van der Waals surface area contributed by atoms with Crippen molar-refractivity contribution in [1.82, 2.24) is 9.97 Å². The fourth-order valence-electron chi connectivity index (χ4n) is 1.57. The largest absolute Gasteiger partial charge is 0.493 e. The zero-order valence-electron chi connectivity index (χ0n) is 11.3. The molecule has 0 saturated carbocycles. The zero-order valence-corrected chi connectivity index (χ0v) is 11.3. The topological polar surface area (TPSA) is 108 Å². The Hall–Kier alpha value is -2.84. The molecule has 2 aromatic rings. The van der Waals surface area contributed by atoms with Gasteiger partial charge in [0, 0.05) is 6.07 Å². The van der Waals surface area contributed by atoms with Gasteiger partial charge in [-0.25, -0.2) is 13.8 Å². The van der Waals surface area contributed by atoms with Gasteiger partial charge in [0.1, 0.15) is 5.69 Å². The Morgan fingerprint density at radius 3 is 2.14 bits per heavy atom. The molecule has 2 rings (SSSR count). The highest BCUT2D eigenvalue weighted by atomic mass is 19.1. The maximum Gasteiger partial charge on any atom is 0.229 e. The predicted octanol–water partition coefficient (Wildman–Crippen LogP) is 1.68. The Morgan fingerprint density at radius 2 is 1.67 bits per heavy atom. The third-order valence-corrected chi connectivity index (χ3v) is 2.66. The second-order valence-corrected chi connectivity index (χ2v) is 3.94. The molecule has 0 saturated heterocycles. The average molecular weight is 297 g/mol. The molecule has 9 heteroatoms. The van der Waals surface area contributed by atoms with Crippen molar-refractivity contribution in [3.8, 4) is 11.5 Å². The molecule has 7 nitrogen and oxygen atoms in total. The molecule has 0 amide bonds. The van der Waals surface area contributed by atoms with E-state index in [2.05, 4.69) is 15.3 Å². The Labute approximate surface area is 118 Å². The Morgan fingerprint density at radius 1 is 1.10 bits per heavy atom. The minimum Gasteiger partial charge on any atom is -0.493 e. The number of halogens is 2. The molecule has 0 aliphatic rings. The van der Waals surface area contributed by atoms with E-state index in [0.29, 0.717) is 0 Å². The molecule has 0 unspecified atom stereocenters. The van der Waals surface area contributed by atoms with Crippen molar-refractivity contribution in [2.75, 3.05) is 31.0 Å². The average Bonchev–Trinajstić information content (AvgIpc) is 2.47. The first-order valence-corrected chi connectivity index (χ1v) is 5.73. The van der Waals surface area contributed by atoms with Crippen LogP contribution in [0, 0.1) is 11.6 Å². The van der Waals surface area contributed by atoms with Crippen LogP contribution in [-0.4, -0.2) is 24.2 Å². The van der Waals surface area contributed by atoms with Crippen LogP contribution in [0.1, 0.15) is 0 Å². The number of ether oxygens (including phenoxy) is 2. The highest BCUT2D eigenvalue weighted by molar-refractivity contribution is 5.65. The van der Waals surface area contributed by atoms with Gasteiger partial charge in [0.05, 0.1) is 26.1 Å². The number of nitrogens with two attached hydrogens (primary N) is 2. The molecule has 1 aromatic carbocycles. The van der Waals surface area contributed by atoms with E-state index in [1.54, 1.807) is 0 Å². The predicted molar refractivity (Wildman–Crippen MR) is 73.6 cm³/mol. The summed E-state index contributed by atoms with van der Waals surface area (Å²) in [6, 6.07) is 1.09. The third kappa shape index (κ3) is 2.71. The smallest absolute Gasteiger partial charge is 0.229 e. The molecule has 1 aromatic heterocycles. The van der Waals surface area contributed by atoms with Crippen molar-refractivity contribution in [3.05, 3.63) is 23.9 Å². The molecule has 5 N–H and O–H groups in total. The molecular weight excluding hydrogens is 284 g/mol. The van der Waals surface area contributed by atoms with Crippen LogP contribution in [0.4, 0.5) is 31.9 Å². The van der Waals surface area contributed by atoms with Crippen LogP contribution < -0.4 is 26.3 Å². The summed E-state index contributed by atoms with van der Waals surface area (Å²) in [4.78, 5) is 7.56. The lowest BCUT2D eigenvalue weighted by Crippen LogP contribution is -2.07. The van der Waals surface area contributed by atoms with E-state index in [-0.39, 0.29) is 29.0 Å². The molecule has 112 valence electrons. The number of nitrogens with one attached hydrogen (secondary N) is 1. The number of rotatable bonds is 4. The van der Waals surface area contributed by atoms with E-state index in [9.17, 15) is 8.78 Å². The minimum absolute atomic E-state index is 0.0109. The van der Waals surface area contributed by atoms with E-state index >= 15 is 0 Å². The van der Waals surface area contributed by atoms with E-state index in [4.69, 9.17) is 20.9 Å². The lowest BCUT2D eigenvalue weighted by molar-refractivity contribution is 0.360. The number of nitrogen functional groups attached to an aromatic ring is 2. The van der Waals surface area contributed by atoms with Crippen molar-refractivity contribution in [1.29, 1.82) is 0 Å². The molecular formula is C12H13F2N5O2. The van der Waals surface area contributed by atoms with E-state index < -0.39 is 17.3 Å². The number of aromatic nitrogens is 2. The van der Waals surface area contributed by atoms with Crippen LogP contribution in [0.3, 0.4) is 0 Å². The summed E-state index contributed by atoms with van der Waals surface area (Å²) < 4.78 is 37.9. The zero-order chi connectivity index (χ0) is 15.6. The summed E-state index contributed by atoms with van der Waals surface area (Å²) in [7, 11) is 2.49. The maximum atomic E-state index is 14.1. The van der Waals surface area contributed by atoms with Crippen molar-refractivity contribution >= 4 is 23.1 Å². The maximum absolute atomic E-state index is 14.1. The monoisotopic (exact) mass is 297 g/mol. The fraction of sp³-hybridized carbons (Fsp3) is 0.167. The van der Waals surface area contributed by atoms with Gasteiger partial charge in [-0.05, 0) is 0 Å². The standard InChI is InChI=1S/C12H13F2N5O2/c1-20-6-3-7(21-2)9(14)10(8(6)13)18-12-17-4-5(15)11(16)19-12/h3-4H,15H2,1-2H3,(H3,16,17,18,19). The number of hydrogen-bond acceptors (Lipinski definition) is 7. The second kappa shape index (κ2) is 5.65. The summed E-state index contributed by atoms with van der Waals surface area (Å²) in [5.74, 6) is -2.42. The van der Waals surface area contributed by atoms with Crippen molar-refractivity contribution in [2.45, 2.75) is 0 Å². The molecule has 0 bridgehead atoms. The van der Waals surface area contributed by atoms with E-state index in [1.807, 2.05) is 0 Å². The summed E-state index contributed by atoms with van der Waals surface area (Å²) >= 11 is 0. The van der Waals surface area contributed by atoms with Crippen LogP contribution in [-0.2, 0) is 0 Å². The third-order valence-electron chi connectivity index (χ3n) is 2.66. The number of nitrogens with zero attached hydrogens (tertiary/aromatic N) is 2. The number of anilines is 4. The number of hydrogen-bond donors (Lipinski definition) is 3. The lowest BCUT2D eigenvalue weighted by Gasteiger charge is -2.13. The van der Waals surface area contributed by atoms with Gasteiger partial charge in [-0.2, -0.15) is 4.98 Å². The SMILES string of the molecule is COc1cc(OC)c(F)c(Nc2ncc(N)c(N)n2)c1F. The highest BCUT2D eigenvalue weighted by Gasteiger charge is 2.21. The summed E-state index contributed by atoms with van der Waals surface area (Å²) in [6.07, 6.45) is 1.22. The van der Waals surface area contributed by atoms with Crippen LogP contribution in [0.15, 0.2) is 12.3 Å². The van der Waals surface area contributed by atoms with Crippen LogP contribution in [0.2, 0.25) is 0 Å². The van der Waals surface area contributed by atoms with Crippen LogP contribution in [0.25, 0.3) is 0 Å². The summed E-state index contributed by atoms with van der Waals surface area (Å²) in [5.41, 5.74) is 10.6. The van der Waals surface area contributed by atoms with Crippen molar-refractivity contribution in [2.24, 2.45) is 0 Å². The second-order valence-electron chi connectivity index (χ2n) is 3.94. The first-order chi connectivity index (χ1) is 9.97. The van der Waals surface area contributed by atoms with Gasteiger partial charge in [0.15, 0.2) is 29.0 Å². The molecule has 0 spiro atoms. The van der Waals surface area contributed by atoms with Gasteiger partial charge in [0.2, 0.25) is 5.95 Å². The molecule has 0 atom stereocenters. The molecule has 0 aliphatic carbocycles. The lowest BCUT2D eigenvalue weighted by atomic mass is 10.2. The Kier molecular flexibility index (Phi) is 3.92. The van der Waals surface area contributed by atoms with Gasteiger partial charge in [-0.15, -0.1) is 0 Å². The normalized spacial score (nSPS) is 10.3. The van der Waals surface area contributed by atoms with E-state index in [0.717, 1.165) is 6.07 Å². The molecule has 0 aliphatic heterocycles. The van der Waals surface area contributed by atoms with Crippen molar-refractivity contribution < 1.29 is 18.3 Å². The molecule has 0 radical (unpaired) electrons. The van der Waals surface area contributed by atoms with Gasteiger partial charge >= 0.3 is 0 Å². The van der Waals surface area contributed by atoms with Gasteiger partial charge < -0.3 is 26.3 Å². The van der Waals surface area contributed by atoms with E-state index in [1.165, 1.54) is 20.4 Å². The van der Waals surface area contributed by atoms with Gasteiger partial charge in [-0.3, -0.25) is 0 Å². The summed E-state index contributed by atoms with van der Waals surface area (Å²) in [6.45, 7) is 0. The first kappa shape index (κ1) is 14.6. The number of methoxy groups -OCH3 is 2. The van der Waals surface area contributed by atoms with Crippen molar-refractivity contribution in [3.63, 3.8) is 0 Å². The molecule has 21 heavy (non-hydrogen) atoms. The first-order valence-electron chi connectivity index (χ1n) is 5.73. The summed E-state index contributed by atoms with van der Waals surface area (Å²) in [5, 5.41) is 2.39. The fourth-order valence-corrected chi connectivity index (χ4v) is 1.57. The highest BCUT2D eigenvalue weighted by Crippen LogP contribution is 2.35. The molecule has 1 heterocycles.